The van der Waals surface area contributed by atoms with E-state index in [1.165, 1.54) is 12.8 Å². The summed E-state index contributed by atoms with van der Waals surface area (Å²) in [6.07, 6.45) is 6.35. The van der Waals surface area contributed by atoms with Crippen LogP contribution in [0.4, 0.5) is 13.6 Å². The van der Waals surface area contributed by atoms with Crippen molar-refractivity contribution in [2.24, 2.45) is 24.4 Å². The highest BCUT2D eigenvalue weighted by Crippen LogP contribution is 2.40. The number of pyridine rings is 1. The van der Waals surface area contributed by atoms with Gasteiger partial charge >= 0.3 is 6.03 Å². The van der Waals surface area contributed by atoms with E-state index in [1.807, 2.05) is 79.5 Å². The number of hydrogen-bond acceptors (Lipinski definition) is 6. The Kier molecular flexibility index (Phi) is 15.8. The van der Waals surface area contributed by atoms with Gasteiger partial charge in [0, 0.05) is 48.4 Å². The number of hydrogen-bond donors (Lipinski definition) is 2. The van der Waals surface area contributed by atoms with E-state index in [4.69, 9.17) is 20.4 Å². The number of aromatic nitrogens is 4. The number of carbonyl (C=O) groups is 2. The molecule has 2 bridgehead atoms. The molecule has 1 aromatic carbocycles. The second kappa shape index (κ2) is 19.4. The molecular weight excluding hydrogens is 691 g/mol. The number of fused-ring (bicyclic) bond motifs is 4. The molecule has 54 heavy (non-hydrogen) atoms. The molecule has 3 atom stereocenters. The number of rotatable bonds is 6. The number of nitrogens with zero attached hydrogens (tertiary/aromatic N) is 6. The summed E-state index contributed by atoms with van der Waals surface area (Å²) in [7, 11) is 3.68. The molecule has 0 radical (unpaired) electrons. The quantitative estimate of drug-likeness (QED) is 0.203. The van der Waals surface area contributed by atoms with Gasteiger partial charge in [-0.2, -0.15) is 0 Å². The number of methoxy groups -OCH3 is 1. The van der Waals surface area contributed by atoms with Gasteiger partial charge in [0.1, 0.15) is 16.9 Å². The highest BCUT2D eigenvalue weighted by Gasteiger charge is 2.47. The Morgan fingerprint density at radius 3 is 2.07 bits per heavy atom. The number of carbonyl (C=O) groups excluding carboxylic acids is 2. The van der Waals surface area contributed by atoms with Crippen LogP contribution in [0.5, 0.6) is 5.75 Å². The standard InChI is InChI=1S/C29H34N6O2.C4H6F2N2O.4C2H6/c1-4-19-8-7-17-12-24(34(27(17)31-19)15-16-5-6-16)28-32-22-11-18(13-25(37-3)26(22)33(28)2)29(36)35-20-9-10-23(35)21(30)14-20;5-4(6)1-8(2-4)3(7)9;4*1-2/h7-8,11-13,16,20-21,23H,4-6,9-10,14-15,30H2,1-3H3;1-2H2,(H2,7,9);4*1-2H3. The van der Waals surface area contributed by atoms with Crippen LogP contribution < -0.4 is 16.2 Å². The maximum Gasteiger partial charge on any atom is 0.315 e. The summed E-state index contributed by atoms with van der Waals surface area (Å²) in [6.45, 7) is 18.0. The maximum atomic E-state index is 13.7. The van der Waals surface area contributed by atoms with Crippen LogP contribution in [0.3, 0.4) is 0 Å². The minimum absolute atomic E-state index is 0.0343. The van der Waals surface area contributed by atoms with Gasteiger partial charge in [0.25, 0.3) is 11.8 Å². The summed E-state index contributed by atoms with van der Waals surface area (Å²) >= 11 is 0. The lowest BCUT2D eigenvalue weighted by molar-refractivity contribution is -0.108. The predicted octanol–water partition coefficient (Wildman–Crippen LogP) is 8.40. The lowest BCUT2D eigenvalue weighted by Gasteiger charge is -2.37. The normalized spacial score (nSPS) is 20.1. The SMILES string of the molecule is CC.CC.CC.CC.CCc1ccc2cc(-c3nc4cc(C(=O)N5C6CCC5C(N)C6)cc(OC)c4n3C)n(CC3CC3)c2n1.NC(=O)N1CC(F)(F)C1. The van der Waals surface area contributed by atoms with E-state index in [0.29, 0.717) is 17.2 Å². The van der Waals surface area contributed by atoms with Crippen LogP contribution in [-0.4, -0.2) is 85.1 Å². The molecule has 8 rings (SSSR count). The molecule has 6 heterocycles. The first-order chi connectivity index (χ1) is 26.0. The van der Waals surface area contributed by atoms with E-state index in [1.54, 1.807) is 7.11 Å². The highest BCUT2D eigenvalue weighted by atomic mass is 19.3. The first-order valence-corrected chi connectivity index (χ1v) is 20.0. The van der Waals surface area contributed by atoms with Crippen LogP contribution in [0, 0.1) is 5.92 Å². The lowest BCUT2D eigenvalue weighted by Crippen LogP contribution is -2.59. The van der Waals surface area contributed by atoms with Crippen molar-refractivity contribution in [3.8, 4) is 17.3 Å². The van der Waals surface area contributed by atoms with Crippen LogP contribution in [0.2, 0.25) is 0 Å². The van der Waals surface area contributed by atoms with Crippen molar-refractivity contribution in [2.75, 3.05) is 20.2 Å². The Morgan fingerprint density at radius 1 is 0.944 bits per heavy atom. The average Bonchev–Trinajstić information content (AvgIpc) is 3.50. The smallest absolute Gasteiger partial charge is 0.315 e. The molecule has 1 saturated carbocycles. The number of amides is 3. The van der Waals surface area contributed by atoms with Crippen LogP contribution in [0.25, 0.3) is 33.6 Å². The van der Waals surface area contributed by atoms with Crippen molar-refractivity contribution in [1.82, 2.24) is 28.9 Å². The molecule has 3 aromatic heterocycles. The van der Waals surface area contributed by atoms with E-state index in [2.05, 4.69) is 40.0 Å². The molecule has 11 nitrogen and oxygen atoms in total. The Morgan fingerprint density at radius 2 is 1.59 bits per heavy atom. The minimum Gasteiger partial charge on any atom is -0.494 e. The molecular formula is C41H64F2N8O3. The number of alkyl halides is 2. The zero-order valence-corrected chi connectivity index (χ0v) is 34.4. The molecule has 3 saturated heterocycles. The van der Waals surface area contributed by atoms with Crippen LogP contribution >= 0.6 is 0 Å². The monoisotopic (exact) mass is 755 g/mol. The van der Waals surface area contributed by atoms with Gasteiger partial charge in [-0.3, -0.25) is 4.79 Å². The van der Waals surface area contributed by atoms with Gasteiger partial charge in [0.2, 0.25) is 0 Å². The number of ether oxygens (including phenoxy) is 1. The number of halogens is 2. The third-order valence-corrected chi connectivity index (χ3v) is 9.91. The molecule has 1 aliphatic carbocycles. The topological polar surface area (TPSA) is 138 Å². The van der Waals surface area contributed by atoms with Gasteiger partial charge in [0.05, 0.1) is 31.4 Å². The largest absolute Gasteiger partial charge is 0.494 e. The number of benzene rings is 1. The molecule has 0 spiro atoms. The van der Waals surface area contributed by atoms with E-state index < -0.39 is 25.0 Å². The average molecular weight is 755 g/mol. The van der Waals surface area contributed by atoms with Crippen molar-refractivity contribution in [3.05, 3.63) is 41.6 Å². The minimum atomic E-state index is -2.70. The molecule has 3 aliphatic heterocycles. The zero-order valence-electron chi connectivity index (χ0n) is 34.4. The van der Waals surface area contributed by atoms with E-state index in [9.17, 15) is 18.4 Å². The number of likely N-dealkylation sites (tertiary alicyclic amines) is 1. The molecule has 4 aromatic rings. The fourth-order valence-corrected chi connectivity index (χ4v) is 7.28. The fourth-order valence-electron chi connectivity index (χ4n) is 7.28. The zero-order chi connectivity index (χ0) is 40.5. The van der Waals surface area contributed by atoms with Gasteiger partial charge in [-0.05, 0) is 74.8 Å². The second-order valence-electron chi connectivity index (χ2n) is 13.2. The van der Waals surface area contributed by atoms with Gasteiger partial charge in [0.15, 0.2) is 5.82 Å². The molecule has 300 valence electrons. The third kappa shape index (κ3) is 9.15. The Hall–Kier alpha value is -4.26. The number of urea groups is 1. The van der Waals surface area contributed by atoms with Gasteiger partial charge < -0.3 is 35.1 Å². The summed E-state index contributed by atoms with van der Waals surface area (Å²) < 4.78 is 34.1. The van der Waals surface area contributed by atoms with Crippen LogP contribution in [-0.2, 0) is 20.0 Å². The molecule has 3 unspecified atom stereocenters. The van der Waals surface area contributed by atoms with Crippen molar-refractivity contribution in [1.29, 1.82) is 0 Å². The highest BCUT2D eigenvalue weighted by molar-refractivity contribution is 6.00. The third-order valence-electron chi connectivity index (χ3n) is 9.91. The lowest BCUT2D eigenvalue weighted by atomic mass is 9.97. The Labute approximate surface area is 320 Å². The molecule has 4 fully saturated rings. The molecule has 4 aliphatic rings. The second-order valence-corrected chi connectivity index (χ2v) is 13.2. The molecule has 4 N–H and O–H groups in total. The van der Waals surface area contributed by atoms with Crippen LogP contribution in [0.15, 0.2) is 30.3 Å². The maximum absolute atomic E-state index is 13.7. The van der Waals surface area contributed by atoms with Gasteiger partial charge in [-0.1, -0.05) is 62.3 Å². The predicted molar refractivity (Wildman–Crippen MR) is 215 cm³/mol. The number of imidazole rings is 1. The summed E-state index contributed by atoms with van der Waals surface area (Å²) in [6, 6.07) is 9.95. The summed E-state index contributed by atoms with van der Waals surface area (Å²) in [5, 5.41) is 1.13. The van der Waals surface area contributed by atoms with Crippen molar-refractivity contribution >= 4 is 34.0 Å². The fraction of sp³-hybridized carbons (Fsp3) is 0.610. The van der Waals surface area contributed by atoms with Gasteiger partial charge in [-0.15, -0.1) is 0 Å². The first-order valence-electron chi connectivity index (χ1n) is 20.0. The van der Waals surface area contributed by atoms with E-state index in [-0.39, 0.29) is 24.0 Å². The van der Waals surface area contributed by atoms with Gasteiger partial charge in [-0.25, -0.2) is 23.5 Å². The number of primary amides is 1. The van der Waals surface area contributed by atoms with Crippen LogP contribution in [0.1, 0.15) is 110 Å². The molecule has 13 heteroatoms. The summed E-state index contributed by atoms with van der Waals surface area (Å²) in [5.74, 6) is -0.453. The number of aryl methyl sites for hydroxylation is 2. The van der Waals surface area contributed by atoms with Crippen molar-refractivity contribution in [2.45, 2.75) is 131 Å². The van der Waals surface area contributed by atoms with Crippen molar-refractivity contribution in [3.63, 3.8) is 0 Å². The summed E-state index contributed by atoms with van der Waals surface area (Å²) in [4.78, 5) is 36.7. The van der Waals surface area contributed by atoms with E-state index >= 15 is 0 Å². The van der Waals surface area contributed by atoms with Crippen molar-refractivity contribution < 1.29 is 23.1 Å². The first kappa shape index (κ1) is 44.1. The molecule has 3 amide bonds. The Balaban J connectivity index is 0.000000393. The number of nitrogens with two attached hydrogens (primary N) is 2. The summed E-state index contributed by atoms with van der Waals surface area (Å²) in [5.41, 5.74) is 16.4. The van der Waals surface area contributed by atoms with E-state index in [0.717, 1.165) is 76.4 Å². The Bertz CT molecular complexity index is 1840.